The third kappa shape index (κ3) is 3.64. The van der Waals surface area contributed by atoms with Crippen molar-refractivity contribution >= 4 is 11.8 Å². The van der Waals surface area contributed by atoms with E-state index < -0.39 is 29.6 Å². The first-order valence-electron chi connectivity index (χ1n) is 7.01. The Morgan fingerprint density at radius 1 is 1.30 bits per heavy atom. The van der Waals surface area contributed by atoms with Gasteiger partial charge in [0.05, 0.1) is 24.6 Å². The second-order valence-corrected chi connectivity index (χ2v) is 5.38. The number of piperidine rings is 1. The lowest BCUT2D eigenvalue weighted by Crippen LogP contribution is -2.46. The number of benzene rings is 1. The smallest absolute Gasteiger partial charge is 0.338 e. The summed E-state index contributed by atoms with van der Waals surface area (Å²) in [6.07, 6.45) is -3.92. The molecule has 1 heterocycles. The average molecular weight is 330 g/mol. The van der Waals surface area contributed by atoms with E-state index in [-0.39, 0.29) is 12.3 Å². The minimum atomic E-state index is -4.43. The number of nitrogens with zero attached hydrogens (tertiary/aromatic N) is 1. The summed E-state index contributed by atoms with van der Waals surface area (Å²) in [4.78, 5) is 30.0. The molecule has 2 atom stereocenters. The van der Waals surface area contributed by atoms with E-state index in [9.17, 15) is 22.8 Å². The fourth-order valence-electron chi connectivity index (χ4n) is 2.81. The highest BCUT2D eigenvalue weighted by atomic mass is 19.4. The quantitative estimate of drug-likeness (QED) is 0.865. The number of hydrogen-bond acceptors (Lipinski definition) is 3. The van der Waals surface area contributed by atoms with Crippen LogP contribution in [0.2, 0.25) is 0 Å². The molecule has 1 saturated heterocycles. The second-order valence-electron chi connectivity index (χ2n) is 5.38. The van der Waals surface area contributed by atoms with Gasteiger partial charge in [0.15, 0.2) is 0 Å². The van der Waals surface area contributed by atoms with Crippen LogP contribution in [0.3, 0.4) is 0 Å². The van der Waals surface area contributed by atoms with Gasteiger partial charge in [-0.05, 0) is 24.1 Å². The number of nitrogens with one attached hydrogen (secondary N) is 1. The first-order valence-corrected chi connectivity index (χ1v) is 7.01. The third-order valence-electron chi connectivity index (χ3n) is 3.98. The number of halogens is 3. The van der Waals surface area contributed by atoms with Crippen LogP contribution in [0.5, 0.6) is 0 Å². The molecule has 8 heteroatoms. The summed E-state index contributed by atoms with van der Waals surface area (Å²) >= 11 is 0. The van der Waals surface area contributed by atoms with Crippen molar-refractivity contribution in [3.63, 3.8) is 0 Å². The van der Waals surface area contributed by atoms with Crippen molar-refractivity contribution in [2.24, 2.45) is 5.92 Å². The lowest BCUT2D eigenvalue weighted by atomic mass is 9.84. The predicted octanol–water partition coefficient (Wildman–Crippen LogP) is 2.29. The maximum atomic E-state index is 12.7. The molecule has 0 spiro atoms. The van der Waals surface area contributed by atoms with E-state index in [1.54, 1.807) is 0 Å². The number of hydroxylamine groups is 1. The molecule has 1 aromatic carbocycles. The highest BCUT2D eigenvalue weighted by molar-refractivity contribution is 5.84. The molecule has 1 aromatic rings. The first kappa shape index (κ1) is 17.3. The fraction of sp³-hybridized carbons (Fsp3) is 0.467. The fourth-order valence-corrected chi connectivity index (χ4v) is 2.81. The summed E-state index contributed by atoms with van der Waals surface area (Å²) in [5.74, 6) is -1.15. The molecule has 23 heavy (non-hydrogen) atoms. The van der Waals surface area contributed by atoms with Gasteiger partial charge < -0.3 is 4.90 Å². The zero-order chi connectivity index (χ0) is 17.2. The Kier molecular flexibility index (Phi) is 4.93. The van der Waals surface area contributed by atoms with Gasteiger partial charge in [0, 0.05) is 13.5 Å². The lowest BCUT2D eigenvalue weighted by Gasteiger charge is -2.38. The summed E-state index contributed by atoms with van der Waals surface area (Å²) in [6, 6.07) is 3.88. The van der Waals surface area contributed by atoms with Crippen molar-refractivity contribution in [1.82, 2.24) is 10.4 Å². The number of rotatable bonds is 3. The van der Waals surface area contributed by atoms with E-state index in [2.05, 4.69) is 10.3 Å². The van der Waals surface area contributed by atoms with E-state index in [0.717, 1.165) is 12.1 Å². The highest BCUT2D eigenvalue weighted by Crippen LogP contribution is 2.37. The minimum absolute atomic E-state index is 0.156. The van der Waals surface area contributed by atoms with E-state index >= 15 is 0 Å². The number of hydrogen-bond donors (Lipinski definition) is 1. The van der Waals surface area contributed by atoms with Gasteiger partial charge in [-0.2, -0.15) is 13.2 Å². The molecule has 0 bridgehead atoms. The van der Waals surface area contributed by atoms with Crippen molar-refractivity contribution in [3.8, 4) is 0 Å². The van der Waals surface area contributed by atoms with Crippen LogP contribution in [0.1, 0.15) is 30.0 Å². The Hall–Kier alpha value is -2.09. The van der Waals surface area contributed by atoms with Crippen LogP contribution in [-0.4, -0.2) is 30.9 Å². The highest BCUT2D eigenvalue weighted by Gasteiger charge is 2.39. The molecule has 2 rings (SSSR count). The molecule has 2 unspecified atom stereocenters. The third-order valence-corrected chi connectivity index (χ3v) is 3.98. The van der Waals surface area contributed by atoms with Gasteiger partial charge in [-0.25, -0.2) is 5.48 Å². The van der Waals surface area contributed by atoms with Crippen LogP contribution in [0.15, 0.2) is 24.3 Å². The van der Waals surface area contributed by atoms with E-state index in [1.165, 1.54) is 31.2 Å². The summed E-state index contributed by atoms with van der Waals surface area (Å²) in [5, 5.41) is 0. The van der Waals surface area contributed by atoms with Crippen LogP contribution in [0.4, 0.5) is 13.2 Å². The zero-order valence-corrected chi connectivity index (χ0v) is 12.7. The predicted molar refractivity (Wildman–Crippen MR) is 74.8 cm³/mol. The molecule has 1 aliphatic heterocycles. The molecular weight excluding hydrogens is 313 g/mol. The second kappa shape index (κ2) is 6.57. The van der Waals surface area contributed by atoms with Crippen LogP contribution < -0.4 is 5.48 Å². The standard InChI is InChI=1S/C15H17F3N2O3/c1-20-12(21)8-7-11(14(22)19-23-2)13(20)9-3-5-10(6-4-9)15(16,17)18/h3-6,11,13H,7-8H2,1-2H3,(H,19,22). The average Bonchev–Trinajstić information content (AvgIpc) is 2.49. The Labute approximate surface area is 131 Å². The minimum Gasteiger partial charge on any atom is -0.338 e. The van der Waals surface area contributed by atoms with Gasteiger partial charge in [0.2, 0.25) is 11.8 Å². The molecular formula is C15H17F3N2O3. The Bertz CT molecular complexity index is 587. The van der Waals surface area contributed by atoms with Gasteiger partial charge in [-0.1, -0.05) is 12.1 Å². The maximum absolute atomic E-state index is 12.7. The van der Waals surface area contributed by atoms with Crippen molar-refractivity contribution in [1.29, 1.82) is 0 Å². The molecule has 2 amide bonds. The molecule has 0 radical (unpaired) electrons. The van der Waals surface area contributed by atoms with E-state index in [1.807, 2.05) is 0 Å². The molecule has 1 N–H and O–H groups in total. The molecule has 5 nitrogen and oxygen atoms in total. The van der Waals surface area contributed by atoms with Gasteiger partial charge in [-0.3, -0.25) is 14.4 Å². The number of amides is 2. The van der Waals surface area contributed by atoms with Crippen molar-refractivity contribution in [2.75, 3.05) is 14.2 Å². The number of carbonyl (C=O) groups excluding carboxylic acids is 2. The monoisotopic (exact) mass is 330 g/mol. The van der Waals surface area contributed by atoms with Crippen LogP contribution in [0.25, 0.3) is 0 Å². The molecule has 126 valence electrons. The van der Waals surface area contributed by atoms with Crippen LogP contribution in [0, 0.1) is 5.92 Å². The van der Waals surface area contributed by atoms with Crippen molar-refractivity contribution in [2.45, 2.75) is 25.1 Å². The van der Waals surface area contributed by atoms with Crippen molar-refractivity contribution in [3.05, 3.63) is 35.4 Å². The van der Waals surface area contributed by atoms with Crippen LogP contribution in [-0.2, 0) is 20.6 Å². The first-order chi connectivity index (χ1) is 10.8. The molecule has 0 aliphatic carbocycles. The summed E-state index contributed by atoms with van der Waals surface area (Å²) in [6.45, 7) is 0. The maximum Gasteiger partial charge on any atom is 0.416 e. The van der Waals surface area contributed by atoms with Gasteiger partial charge in [-0.15, -0.1) is 0 Å². The number of carbonyl (C=O) groups is 2. The normalized spacial score (nSPS) is 22.1. The number of likely N-dealkylation sites (tertiary alicyclic amines) is 1. The van der Waals surface area contributed by atoms with E-state index in [4.69, 9.17) is 0 Å². The Morgan fingerprint density at radius 2 is 1.91 bits per heavy atom. The largest absolute Gasteiger partial charge is 0.416 e. The zero-order valence-electron chi connectivity index (χ0n) is 12.7. The Balaban J connectivity index is 2.34. The van der Waals surface area contributed by atoms with Crippen LogP contribution >= 0.6 is 0 Å². The van der Waals surface area contributed by atoms with Gasteiger partial charge in [0.25, 0.3) is 0 Å². The number of alkyl halides is 3. The van der Waals surface area contributed by atoms with Gasteiger partial charge >= 0.3 is 6.18 Å². The topological polar surface area (TPSA) is 58.6 Å². The summed E-state index contributed by atoms with van der Waals surface area (Å²) in [5.41, 5.74) is 1.93. The SMILES string of the molecule is CONC(=O)C1CCC(=O)N(C)C1c1ccc(C(F)(F)F)cc1. The summed E-state index contributed by atoms with van der Waals surface area (Å²) < 4.78 is 38.0. The molecule has 0 aromatic heterocycles. The molecule has 1 fully saturated rings. The Morgan fingerprint density at radius 3 is 2.43 bits per heavy atom. The lowest BCUT2D eigenvalue weighted by molar-refractivity contribution is -0.146. The van der Waals surface area contributed by atoms with Crippen molar-refractivity contribution < 1.29 is 27.6 Å². The van der Waals surface area contributed by atoms with E-state index in [0.29, 0.717) is 12.0 Å². The molecule has 0 saturated carbocycles. The van der Waals surface area contributed by atoms with Gasteiger partial charge in [0.1, 0.15) is 0 Å². The summed E-state index contributed by atoms with van der Waals surface area (Å²) in [7, 11) is 2.83. The molecule has 1 aliphatic rings.